The topological polar surface area (TPSA) is 66.9 Å². The first kappa shape index (κ1) is 20.5. The average Bonchev–Trinajstić information content (AvgIpc) is 2.66. The van der Waals surface area contributed by atoms with E-state index >= 15 is 0 Å². The number of hydrogen-bond donors (Lipinski definition) is 2. The predicted molar refractivity (Wildman–Crippen MR) is 113 cm³/mol. The maximum absolute atomic E-state index is 13.0. The molecule has 1 amide bonds. The lowest BCUT2D eigenvalue weighted by atomic mass is 9.87. The van der Waals surface area contributed by atoms with Gasteiger partial charge in [-0.2, -0.15) is 0 Å². The summed E-state index contributed by atoms with van der Waals surface area (Å²) in [5.74, 6) is 0.421. The number of aromatic nitrogens is 2. The van der Waals surface area contributed by atoms with Crippen LogP contribution in [0.1, 0.15) is 48.2 Å². The lowest BCUT2D eigenvalue weighted by Crippen LogP contribution is -2.24. The molecule has 3 rings (SSSR count). The van der Waals surface area contributed by atoms with Gasteiger partial charge in [-0.25, -0.2) is 14.4 Å². The van der Waals surface area contributed by atoms with Gasteiger partial charge in [-0.05, 0) is 47.7 Å². The van der Waals surface area contributed by atoms with Crippen molar-refractivity contribution in [3.05, 3.63) is 83.1 Å². The van der Waals surface area contributed by atoms with Gasteiger partial charge in [-0.15, -0.1) is 0 Å². The molecule has 150 valence electrons. The summed E-state index contributed by atoms with van der Waals surface area (Å²) in [6.07, 6.45) is 0. The molecule has 29 heavy (non-hydrogen) atoms. The molecule has 0 unspecified atom stereocenters. The van der Waals surface area contributed by atoms with Gasteiger partial charge in [-0.1, -0.05) is 45.0 Å². The zero-order valence-corrected chi connectivity index (χ0v) is 17.1. The maximum Gasteiger partial charge on any atom is 0.270 e. The second-order valence-corrected chi connectivity index (χ2v) is 7.95. The molecule has 0 aliphatic rings. The number of rotatable bonds is 5. The third-order valence-electron chi connectivity index (χ3n) is 4.46. The summed E-state index contributed by atoms with van der Waals surface area (Å²) >= 11 is 0. The van der Waals surface area contributed by atoms with Crippen LogP contribution in [0.4, 0.5) is 15.9 Å². The third kappa shape index (κ3) is 5.60. The van der Waals surface area contributed by atoms with Crippen LogP contribution in [0.3, 0.4) is 0 Å². The molecule has 3 aromatic rings. The summed E-state index contributed by atoms with van der Waals surface area (Å²) in [4.78, 5) is 21.1. The monoisotopic (exact) mass is 392 g/mol. The molecule has 0 spiro atoms. The highest BCUT2D eigenvalue weighted by Gasteiger charge is 2.14. The number of benzene rings is 2. The van der Waals surface area contributed by atoms with E-state index in [-0.39, 0.29) is 22.8 Å². The summed E-state index contributed by atoms with van der Waals surface area (Å²) in [5.41, 5.74) is 3.28. The minimum Gasteiger partial charge on any atom is -0.347 e. The van der Waals surface area contributed by atoms with E-state index in [1.807, 2.05) is 12.1 Å². The van der Waals surface area contributed by atoms with Gasteiger partial charge < -0.3 is 10.6 Å². The highest BCUT2D eigenvalue weighted by Crippen LogP contribution is 2.24. The molecule has 2 N–H and O–H groups in total. The van der Waals surface area contributed by atoms with Crippen molar-refractivity contribution >= 4 is 17.4 Å². The molecule has 5 nitrogen and oxygen atoms in total. The molecule has 1 aromatic heterocycles. The van der Waals surface area contributed by atoms with Crippen molar-refractivity contribution in [3.63, 3.8) is 0 Å². The van der Waals surface area contributed by atoms with Crippen LogP contribution < -0.4 is 10.6 Å². The summed E-state index contributed by atoms with van der Waals surface area (Å²) in [7, 11) is 0. The molecular weight excluding hydrogens is 367 g/mol. The van der Waals surface area contributed by atoms with Crippen molar-refractivity contribution in [2.24, 2.45) is 0 Å². The Bertz CT molecular complexity index is 993. The molecule has 1 heterocycles. The zero-order chi connectivity index (χ0) is 21.0. The third-order valence-corrected chi connectivity index (χ3v) is 4.46. The van der Waals surface area contributed by atoms with Gasteiger partial charge in [0.15, 0.2) is 0 Å². The molecule has 0 bridgehead atoms. The Morgan fingerprint density at radius 1 is 1.00 bits per heavy atom. The normalized spacial score (nSPS) is 11.2. The number of nitrogens with zero attached hydrogens (tertiary/aromatic N) is 2. The Labute approximate surface area is 170 Å². The number of carbonyl (C=O) groups excluding carboxylic acids is 1. The smallest absolute Gasteiger partial charge is 0.270 e. The van der Waals surface area contributed by atoms with Crippen LogP contribution >= 0.6 is 0 Å². The molecule has 0 fully saturated rings. The summed E-state index contributed by atoms with van der Waals surface area (Å²) in [6.45, 7) is 8.53. The summed E-state index contributed by atoms with van der Waals surface area (Å²) in [5, 5.41) is 6.02. The van der Waals surface area contributed by atoms with Crippen LogP contribution in [0, 0.1) is 12.7 Å². The molecule has 0 aliphatic heterocycles. The van der Waals surface area contributed by atoms with Gasteiger partial charge in [0.2, 0.25) is 0 Å². The number of carbonyl (C=O) groups is 1. The van der Waals surface area contributed by atoms with Crippen LogP contribution in [0.5, 0.6) is 0 Å². The Hall–Kier alpha value is -3.28. The van der Waals surface area contributed by atoms with Crippen LogP contribution in [0.2, 0.25) is 0 Å². The fourth-order valence-electron chi connectivity index (χ4n) is 2.82. The Morgan fingerprint density at radius 3 is 2.28 bits per heavy atom. The maximum atomic E-state index is 13.0. The van der Waals surface area contributed by atoms with Crippen molar-refractivity contribution in [3.8, 4) is 0 Å². The predicted octanol–water partition coefficient (Wildman–Crippen LogP) is 4.90. The van der Waals surface area contributed by atoms with E-state index in [9.17, 15) is 9.18 Å². The molecule has 0 aliphatic carbocycles. The van der Waals surface area contributed by atoms with Crippen LogP contribution in [0.15, 0.2) is 54.6 Å². The van der Waals surface area contributed by atoms with E-state index in [1.54, 1.807) is 25.1 Å². The van der Waals surface area contributed by atoms with Crippen LogP contribution in [-0.2, 0) is 12.0 Å². The van der Waals surface area contributed by atoms with E-state index in [1.165, 1.54) is 17.7 Å². The number of amides is 1. The van der Waals surface area contributed by atoms with Crippen LogP contribution in [0.25, 0.3) is 0 Å². The standard InChI is InChI=1S/C23H25FN4O/c1-15-26-20(22(29)25-14-16-5-9-18(24)10-6-16)13-21(27-15)28-19-11-7-17(8-12-19)23(2,3)4/h5-13H,14H2,1-4H3,(H,25,29)(H,26,27,28). The first-order valence-corrected chi connectivity index (χ1v) is 9.46. The molecule has 0 saturated carbocycles. The fourth-order valence-corrected chi connectivity index (χ4v) is 2.82. The second kappa shape index (κ2) is 8.39. The second-order valence-electron chi connectivity index (χ2n) is 7.95. The zero-order valence-electron chi connectivity index (χ0n) is 17.1. The van der Waals surface area contributed by atoms with Crippen molar-refractivity contribution in [1.29, 1.82) is 0 Å². The summed E-state index contributed by atoms with van der Waals surface area (Å²) < 4.78 is 13.0. The minimum atomic E-state index is -0.314. The highest BCUT2D eigenvalue weighted by atomic mass is 19.1. The Balaban J connectivity index is 1.70. The van der Waals surface area contributed by atoms with E-state index in [0.29, 0.717) is 18.2 Å². The van der Waals surface area contributed by atoms with Crippen LogP contribution in [-0.4, -0.2) is 15.9 Å². The largest absolute Gasteiger partial charge is 0.347 e. The number of halogens is 1. The Kier molecular flexibility index (Phi) is 5.92. The lowest BCUT2D eigenvalue weighted by molar-refractivity contribution is 0.0945. The summed E-state index contributed by atoms with van der Waals surface area (Å²) in [6, 6.07) is 15.7. The SMILES string of the molecule is Cc1nc(Nc2ccc(C(C)(C)C)cc2)cc(C(=O)NCc2ccc(F)cc2)n1. The van der Waals surface area contributed by atoms with Gasteiger partial charge >= 0.3 is 0 Å². The first-order valence-electron chi connectivity index (χ1n) is 9.46. The van der Waals surface area contributed by atoms with E-state index in [2.05, 4.69) is 53.5 Å². The van der Waals surface area contributed by atoms with Crippen molar-refractivity contribution in [1.82, 2.24) is 15.3 Å². The quantitative estimate of drug-likeness (QED) is 0.648. The Morgan fingerprint density at radius 2 is 1.66 bits per heavy atom. The van der Waals surface area contributed by atoms with Gasteiger partial charge in [0, 0.05) is 18.3 Å². The van der Waals surface area contributed by atoms with Crippen molar-refractivity contribution in [2.75, 3.05) is 5.32 Å². The molecule has 2 aromatic carbocycles. The van der Waals surface area contributed by atoms with Gasteiger partial charge in [0.05, 0.1) is 0 Å². The minimum absolute atomic E-state index is 0.0832. The van der Waals surface area contributed by atoms with Crippen molar-refractivity contribution < 1.29 is 9.18 Å². The molecular formula is C23H25FN4O. The lowest BCUT2D eigenvalue weighted by Gasteiger charge is -2.19. The van der Waals surface area contributed by atoms with Gasteiger partial charge in [0.25, 0.3) is 5.91 Å². The fraction of sp³-hybridized carbons (Fsp3) is 0.261. The number of anilines is 2. The van der Waals surface area contributed by atoms with Gasteiger partial charge in [-0.3, -0.25) is 4.79 Å². The molecule has 6 heteroatoms. The molecule has 0 saturated heterocycles. The number of nitrogens with one attached hydrogen (secondary N) is 2. The number of aryl methyl sites for hydroxylation is 1. The van der Waals surface area contributed by atoms with Crippen molar-refractivity contribution in [2.45, 2.75) is 39.7 Å². The first-order chi connectivity index (χ1) is 13.7. The van der Waals surface area contributed by atoms with Gasteiger partial charge in [0.1, 0.15) is 23.2 Å². The highest BCUT2D eigenvalue weighted by molar-refractivity contribution is 5.93. The van der Waals surface area contributed by atoms with E-state index in [4.69, 9.17) is 0 Å². The van der Waals surface area contributed by atoms with E-state index in [0.717, 1.165) is 11.3 Å². The van der Waals surface area contributed by atoms with E-state index < -0.39 is 0 Å². The molecule has 0 atom stereocenters. The average molecular weight is 392 g/mol. The number of hydrogen-bond acceptors (Lipinski definition) is 4. The molecule has 0 radical (unpaired) electrons.